The molecule has 0 saturated carbocycles. The van der Waals surface area contributed by atoms with E-state index in [1.807, 2.05) is 54.5 Å². The Labute approximate surface area is 116 Å². The van der Waals surface area contributed by atoms with E-state index in [0.717, 1.165) is 22.9 Å². The number of aromatic nitrogens is 5. The van der Waals surface area contributed by atoms with Gasteiger partial charge < -0.3 is 5.32 Å². The molecule has 0 radical (unpaired) electrons. The zero-order valence-corrected chi connectivity index (χ0v) is 11.2. The highest BCUT2D eigenvalue weighted by Crippen LogP contribution is 2.10. The van der Waals surface area contributed by atoms with Gasteiger partial charge in [-0.1, -0.05) is 18.2 Å². The van der Waals surface area contributed by atoms with Crippen LogP contribution < -0.4 is 5.32 Å². The van der Waals surface area contributed by atoms with Gasteiger partial charge in [-0.2, -0.15) is 10.2 Å². The zero-order valence-electron chi connectivity index (χ0n) is 11.2. The summed E-state index contributed by atoms with van der Waals surface area (Å²) >= 11 is 0. The maximum atomic E-state index is 4.41. The van der Waals surface area contributed by atoms with E-state index < -0.39 is 0 Å². The molecule has 2 aromatic heterocycles. The van der Waals surface area contributed by atoms with Crippen LogP contribution in [0, 0.1) is 0 Å². The number of hydrogen-bond acceptors (Lipinski definition) is 4. The Balaban J connectivity index is 1.73. The Kier molecular flexibility index (Phi) is 3.56. The van der Waals surface area contributed by atoms with Gasteiger partial charge in [0.15, 0.2) is 5.82 Å². The molecule has 0 bridgehead atoms. The summed E-state index contributed by atoms with van der Waals surface area (Å²) in [5.41, 5.74) is 2.15. The van der Waals surface area contributed by atoms with Crippen molar-refractivity contribution in [1.82, 2.24) is 30.3 Å². The van der Waals surface area contributed by atoms with Gasteiger partial charge in [-0.05, 0) is 24.7 Å². The Morgan fingerprint density at radius 2 is 2.10 bits per heavy atom. The summed E-state index contributed by atoms with van der Waals surface area (Å²) in [4.78, 5) is 4.41. The number of nitrogens with one attached hydrogen (secondary N) is 2. The normalized spacial score (nSPS) is 10.8. The highest BCUT2D eigenvalue weighted by atomic mass is 15.3. The molecule has 102 valence electrons. The van der Waals surface area contributed by atoms with Gasteiger partial charge in [0, 0.05) is 12.6 Å². The van der Waals surface area contributed by atoms with Crippen LogP contribution in [-0.2, 0) is 13.0 Å². The Morgan fingerprint density at radius 3 is 2.90 bits per heavy atom. The third-order valence-electron chi connectivity index (χ3n) is 2.94. The van der Waals surface area contributed by atoms with Gasteiger partial charge >= 0.3 is 0 Å². The van der Waals surface area contributed by atoms with Gasteiger partial charge in [0.25, 0.3) is 0 Å². The minimum atomic E-state index is 0.666. The summed E-state index contributed by atoms with van der Waals surface area (Å²) < 4.78 is 1.86. The molecule has 2 heterocycles. The number of benzene rings is 1. The first-order valence-corrected chi connectivity index (χ1v) is 6.49. The molecule has 3 rings (SSSR count). The van der Waals surface area contributed by atoms with Crippen molar-refractivity contribution < 1.29 is 0 Å². The van der Waals surface area contributed by atoms with Crippen LogP contribution in [0.5, 0.6) is 0 Å². The van der Waals surface area contributed by atoms with E-state index in [1.165, 1.54) is 0 Å². The lowest BCUT2D eigenvalue weighted by Gasteiger charge is -1.98. The lowest BCUT2D eigenvalue weighted by molar-refractivity contribution is 0.762. The highest BCUT2D eigenvalue weighted by Gasteiger charge is 2.06. The predicted molar refractivity (Wildman–Crippen MR) is 75.5 cm³/mol. The minimum Gasteiger partial charge on any atom is -0.313 e. The Bertz CT molecular complexity index is 670. The molecule has 3 aromatic rings. The van der Waals surface area contributed by atoms with E-state index in [9.17, 15) is 0 Å². The summed E-state index contributed by atoms with van der Waals surface area (Å²) in [6.07, 6.45) is 4.56. The van der Waals surface area contributed by atoms with Crippen molar-refractivity contribution in [3.8, 4) is 5.69 Å². The minimum absolute atomic E-state index is 0.666. The lowest BCUT2D eigenvalue weighted by atomic mass is 10.2. The maximum absolute atomic E-state index is 4.41. The Morgan fingerprint density at radius 1 is 1.25 bits per heavy atom. The van der Waals surface area contributed by atoms with Crippen LogP contribution in [0.25, 0.3) is 5.69 Å². The molecule has 0 amide bonds. The van der Waals surface area contributed by atoms with Crippen LogP contribution in [0.2, 0.25) is 0 Å². The van der Waals surface area contributed by atoms with E-state index in [-0.39, 0.29) is 0 Å². The third-order valence-corrected chi connectivity index (χ3v) is 2.94. The number of para-hydroxylation sites is 1. The zero-order chi connectivity index (χ0) is 13.8. The van der Waals surface area contributed by atoms with Gasteiger partial charge in [-0.3, -0.25) is 5.10 Å². The number of nitrogens with zero attached hydrogens (tertiary/aromatic N) is 4. The molecule has 1 aromatic carbocycles. The summed E-state index contributed by atoms with van der Waals surface area (Å²) in [6.45, 7) is 0.666. The topological polar surface area (TPSA) is 71.4 Å². The molecule has 0 spiro atoms. The molecule has 20 heavy (non-hydrogen) atoms. The van der Waals surface area contributed by atoms with Crippen LogP contribution in [0.3, 0.4) is 0 Å². The van der Waals surface area contributed by atoms with Gasteiger partial charge in [-0.15, -0.1) is 0 Å². The molecule has 0 aliphatic carbocycles. The SMILES string of the molecule is CNCc1n[nH]c(Cc2cnn(-c3ccccc3)c2)n1. The van der Waals surface area contributed by atoms with E-state index in [4.69, 9.17) is 0 Å². The molecular weight excluding hydrogens is 252 g/mol. The fourth-order valence-electron chi connectivity index (χ4n) is 2.02. The van der Waals surface area contributed by atoms with Crippen LogP contribution in [-0.4, -0.2) is 32.0 Å². The first-order chi connectivity index (χ1) is 9.85. The fraction of sp³-hybridized carbons (Fsp3) is 0.214. The summed E-state index contributed by atoms with van der Waals surface area (Å²) in [5.74, 6) is 1.63. The molecule has 0 aliphatic rings. The van der Waals surface area contributed by atoms with E-state index in [1.54, 1.807) is 0 Å². The van der Waals surface area contributed by atoms with Crippen molar-refractivity contribution >= 4 is 0 Å². The van der Waals surface area contributed by atoms with E-state index in [2.05, 4.69) is 25.6 Å². The number of rotatable bonds is 5. The first kappa shape index (κ1) is 12.6. The average Bonchev–Trinajstić information content (AvgIpc) is 3.11. The van der Waals surface area contributed by atoms with Crippen molar-refractivity contribution in [3.05, 3.63) is 59.9 Å². The molecule has 0 unspecified atom stereocenters. The van der Waals surface area contributed by atoms with Crippen molar-refractivity contribution in [2.75, 3.05) is 7.05 Å². The third kappa shape index (κ3) is 2.75. The first-order valence-electron chi connectivity index (χ1n) is 6.49. The Hall–Kier alpha value is -2.47. The largest absolute Gasteiger partial charge is 0.313 e. The molecule has 0 aliphatic heterocycles. The number of aromatic amines is 1. The van der Waals surface area contributed by atoms with Gasteiger partial charge in [-0.25, -0.2) is 9.67 Å². The molecule has 6 nitrogen and oxygen atoms in total. The number of hydrogen-bond donors (Lipinski definition) is 2. The molecule has 6 heteroatoms. The maximum Gasteiger partial charge on any atom is 0.164 e. The van der Waals surface area contributed by atoms with Crippen LogP contribution in [0.1, 0.15) is 17.2 Å². The van der Waals surface area contributed by atoms with E-state index >= 15 is 0 Å². The van der Waals surface area contributed by atoms with E-state index in [0.29, 0.717) is 13.0 Å². The van der Waals surface area contributed by atoms with Crippen LogP contribution in [0.4, 0.5) is 0 Å². The highest BCUT2D eigenvalue weighted by molar-refractivity contribution is 5.31. The van der Waals surface area contributed by atoms with Crippen LogP contribution >= 0.6 is 0 Å². The monoisotopic (exact) mass is 268 g/mol. The molecule has 0 atom stereocenters. The number of H-pyrrole nitrogens is 1. The van der Waals surface area contributed by atoms with Crippen molar-refractivity contribution in [1.29, 1.82) is 0 Å². The second kappa shape index (κ2) is 5.66. The van der Waals surface area contributed by atoms with Gasteiger partial charge in [0.05, 0.1) is 18.4 Å². The molecule has 0 saturated heterocycles. The lowest BCUT2D eigenvalue weighted by Crippen LogP contribution is -2.06. The van der Waals surface area contributed by atoms with Crippen molar-refractivity contribution in [3.63, 3.8) is 0 Å². The quantitative estimate of drug-likeness (QED) is 0.731. The summed E-state index contributed by atoms with van der Waals surface area (Å²) in [6, 6.07) is 10.0. The molecule has 2 N–H and O–H groups in total. The second-order valence-electron chi connectivity index (χ2n) is 4.53. The summed E-state index contributed by atoms with van der Waals surface area (Å²) in [7, 11) is 1.87. The second-order valence-corrected chi connectivity index (χ2v) is 4.53. The van der Waals surface area contributed by atoms with Crippen molar-refractivity contribution in [2.24, 2.45) is 0 Å². The fourth-order valence-corrected chi connectivity index (χ4v) is 2.02. The van der Waals surface area contributed by atoms with Gasteiger partial charge in [0.2, 0.25) is 0 Å². The predicted octanol–water partition coefficient (Wildman–Crippen LogP) is 1.30. The smallest absolute Gasteiger partial charge is 0.164 e. The van der Waals surface area contributed by atoms with Crippen LogP contribution in [0.15, 0.2) is 42.7 Å². The molecular formula is C14H16N6. The van der Waals surface area contributed by atoms with Gasteiger partial charge in [0.1, 0.15) is 5.82 Å². The average molecular weight is 268 g/mol. The standard InChI is InChI=1S/C14H16N6/c1-15-9-14-17-13(18-19-14)7-11-8-16-20(10-11)12-5-3-2-4-6-12/h2-6,8,10,15H,7,9H2,1H3,(H,17,18,19). The molecule has 0 fully saturated rings. The van der Waals surface area contributed by atoms with Crippen molar-refractivity contribution in [2.45, 2.75) is 13.0 Å². The summed E-state index contributed by atoms with van der Waals surface area (Å²) in [5, 5.41) is 14.5.